The van der Waals surface area contributed by atoms with Crippen LogP contribution < -0.4 is 0 Å². The van der Waals surface area contributed by atoms with Gasteiger partial charge in [0.05, 0.1) is 0 Å². The van der Waals surface area contributed by atoms with Crippen molar-refractivity contribution in [2.24, 2.45) is 34.5 Å². The maximum atomic E-state index is 12.6. The lowest BCUT2D eigenvalue weighted by molar-refractivity contribution is -0.215. The van der Waals surface area contributed by atoms with Gasteiger partial charge in [0.15, 0.2) is 5.78 Å². The van der Waals surface area contributed by atoms with Crippen LogP contribution in [0.25, 0.3) is 0 Å². The molecule has 6 nitrogen and oxygen atoms in total. The van der Waals surface area contributed by atoms with E-state index in [9.17, 15) is 19.5 Å². The van der Waals surface area contributed by atoms with Crippen LogP contribution in [0.5, 0.6) is 0 Å². The molecule has 0 radical (unpaired) electrons. The molecular formula is C26H40O6. The summed E-state index contributed by atoms with van der Waals surface area (Å²) in [6.07, 6.45) is 6.58. The first-order valence-corrected chi connectivity index (χ1v) is 12.6. The zero-order valence-corrected chi connectivity index (χ0v) is 20.3. The Labute approximate surface area is 191 Å². The first-order chi connectivity index (χ1) is 15.0. The maximum absolute atomic E-state index is 12.6. The third-order valence-electron chi connectivity index (χ3n) is 10.2. The lowest BCUT2D eigenvalue weighted by atomic mass is 9.43. The fourth-order valence-electron chi connectivity index (χ4n) is 8.59. The highest BCUT2D eigenvalue weighted by atomic mass is 16.5. The van der Waals surface area contributed by atoms with Crippen LogP contribution >= 0.6 is 0 Å². The molecule has 4 aliphatic carbocycles. The van der Waals surface area contributed by atoms with Crippen LogP contribution in [0.3, 0.4) is 0 Å². The summed E-state index contributed by atoms with van der Waals surface area (Å²) in [5.41, 5.74) is -1.92. The van der Waals surface area contributed by atoms with Crippen molar-refractivity contribution in [2.75, 3.05) is 0 Å². The number of hydrogen-bond donors (Lipinski definition) is 1. The second-order valence-corrected chi connectivity index (χ2v) is 11.5. The molecule has 32 heavy (non-hydrogen) atoms. The highest BCUT2D eigenvalue weighted by molar-refractivity contribution is 5.86. The number of Topliss-reactive ketones (excluding diaryl/α,β-unsaturated/α-hetero) is 1. The molecule has 0 aromatic heterocycles. The van der Waals surface area contributed by atoms with Crippen LogP contribution in [0.4, 0.5) is 0 Å². The van der Waals surface area contributed by atoms with E-state index in [1.807, 2.05) is 6.92 Å². The molecule has 0 bridgehead atoms. The zero-order chi connectivity index (χ0) is 23.5. The van der Waals surface area contributed by atoms with Crippen molar-refractivity contribution >= 4 is 17.7 Å². The summed E-state index contributed by atoms with van der Waals surface area (Å²) in [6.45, 7) is 9.19. The quantitative estimate of drug-likeness (QED) is 0.648. The smallest absolute Gasteiger partial charge is 0.305 e. The first kappa shape index (κ1) is 23.7. The van der Waals surface area contributed by atoms with Crippen molar-refractivity contribution in [1.82, 2.24) is 0 Å². The normalized spacial score (nSPS) is 47.6. The number of aliphatic hydroxyl groups is 1. The summed E-state index contributed by atoms with van der Waals surface area (Å²) in [7, 11) is 0. The van der Waals surface area contributed by atoms with Crippen molar-refractivity contribution in [1.29, 1.82) is 0 Å². The average Bonchev–Trinajstić information content (AvgIpc) is 2.99. The monoisotopic (exact) mass is 448 g/mol. The molecule has 0 spiro atoms. The van der Waals surface area contributed by atoms with Crippen LogP contribution in [0, 0.1) is 34.5 Å². The van der Waals surface area contributed by atoms with Gasteiger partial charge in [-0.2, -0.15) is 0 Å². The van der Waals surface area contributed by atoms with Crippen molar-refractivity contribution in [3.8, 4) is 0 Å². The van der Waals surface area contributed by atoms with Gasteiger partial charge < -0.3 is 14.6 Å². The molecular weight excluding hydrogens is 408 g/mol. The number of ether oxygens (including phenoxy) is 2. The van der Waals surface area contributed by atoms with Crippen LogP contribution in [-0.2, 0) is 23.9 Å². The van der Waals surface area contributed by atoms with Crippen molar-refractivity contribution in [3.63, 3.8) is 0 Å². The molecule has 180 valence electrons. The van der Waals surface area contributed by atoms with Crippen LogP contribution in [0.15, 0.2) is 0 Å². The Morgan fingerprint density at radius 3 is 2.34 bits per heavy atom. The molecule has 0 aromatic carbocycles. The van der Waals surface area contributed by atoms with Gasteiger partial charge in [0, 0.05) is 24.7 Å². The number of hydrogen-bond acceptors (Lipinski definition) is 6. The summed E-state index contributed by atoms with van der Waals surface area (Å²) in [5, 5.41) is 11.5. The van der Waals surface area contributed by atoms with Gasteiger partial charge in [-0.3, -0.25) is 14.4 Å². The van der Waals surface area contributed by atoms with Crippen LogP contribution in [0.2, 0.25) is 0 Å². The minimum absolute atomic E-state index is 0.00346. The molecule has 6 heteroatoms. The van der Waals surface area contributed by atoms with Gasteiger partial charge in [0.2, 0.25) is 0 Å². The Kier molecular flexibility index (Phi) is 6.01. The lowest BCUT2D eigenvalue weighted by Crippen LogP contribution is -2.63. The Morgan fingerprint density at radius 2 is 1.72 bits per heavy atom. The van der Waals surface area contributed by atoms with E-state index in [1.165, 1.54) is 13.8 Å². The summed E-state index contributed by atoms with van der Waals surface area (Å²) < 4.78 is 11.7. The number of ketones is 1. The second kappa shape index (κ2) is 8.11. The fraction of sp³-hybridized carbons (Fsp3) is 0.885. The topological polar surface area (TPSA) is 89.9 Å². The number of fused-ring (bicyclic) bond motifs is 5. The van der Waals surface area contributed by atoms with Gasteiger partial charge in [0.1, 0.15) is 17.8 Å². The molecule has 1 N–H and O–H groups in total. The molecule has 0 aliphatic heterocycles. The summed E-state index contributed by atoms with van der Waals surface area (Å²) in [4.78, 5) is 36.6. The van der Waals surface area contributed by atoms with E-state index in [4.69, 9.17) is 9.47 Å². The number of rotatable bonds is 4. The molecule has 9 atom stereocenters. The van der Waals surface area contributed by atoms with E-state index in [-0.39, 0.29) is 47.2 Å². The minimum Gasteiger partial charge on any atom is -0.463 e. The third-order valence-corrected chi connectivity index (χ3v) is 10.2. The highest BCUT2D eigenvalue weighted by Crippen LogP contribution is 2.68. The number of carbonyl (C=O) groups is 3. The summed E-state index contributed by atoms with van der Waals surface area (Å²) in [5.74, 6) is 0.613. The molecule has 0 heterocycles. The number of carbonyl (C=O) groups excluding carboxylic acids is 3. The molecule has 1 unspecified atom stereocenters. The first-order valence-electron chi connectivity index (χ1n) is 12.6. The molecule has 0 amide bonds. The van der Waals surface area contributed by atoms with Crippen LogP contribution in [-0.4, -0.2) is 40.6 Å². The average molecular weight is 449 g/mol. The Hall–Kier alpha value is -1.43. The van der Waals surface area contributed by atoms with Crippen LogP contribution in [0.1, 0.15) is 92.4 Å². The zero-order valence-electron chi connectivity index (χ0n) is 20.3. The standard InChI is InChI=1S/C26H40O6/c1-6-22(29)32-21-14-25(5)20(10-12-26(25,30)15(2)27)19-8-7-17-13-18(31-16(3)28)9-11-24(17,4)23(19)21/h17-21,23,30H,6-14H2,1-5H3/t17?,18-,19+,20+,21-,23-,24+,25+,26+/m1/s1. The van der Waals surface area contributed by atoms with E-state index >= 15 is 0 Å². The molecule has 4 fully saturated rings. The van der Waals surface area contributed by atoms with E-state index in [0.717, 1.165) is 38.5 Å². The maximum Gasteiger partial charge on any atom is 0.305 e. The van der Waals surface area contributed by atoms with Gasteiger partial charge >= 0.3 is 11.9 Å². The Balaban J connectivity index is 1.69. The van der Waals surface area contributed by atoms with Crippen molar-refractivity contribution < 1.29 is 29.0 Å². The molecule has 4 rings (SSSR count). The predicted molar refractivity (Wildman–Crippen MR) is 118 cm³/mol. The van der Waals surface area contributed by atoms with E-state index < -0.39 is 11.0 Å². The highest BCUT2D eigenvalue weighted by Gasteiger charge is 2.69. The second-order valence-electron chi connectivity index (χ2n) is 11.5. The Morgan fingerprint density at radius 1 is 1.00 bits per heavy atom. The molecule has 4 saturated carbocycles. The summed E-state index contributed by atoms with van der Waals surface area (Å²) in [6, 6.07) is 0. The van der Waals surface area contributed by atoms with E-state index in [0.29, 0.717) is 31.1 Å². The van der Waals surface area contributed by atoms with Crippen molar-refractivity contribution in [3.05, 3.63) is 0 Å². The molecule has 0 saturated heterocycles. The van der Waals surface area contributed by atoms with E-state index in [2.05, 4.69) is 13.8 Å². The van der Waals surface area contributed by atoms with E-state index in [1.54, 1.807) is 0 Å². The minimum atomic E-state index is -1.34. The lowest BCUT2D eigenvalue weighted by Gasteiger charge is -2.63. The third kappa shape index (κ3) is 3.43. The summed E-state index contributed by atoms with van der Waals surface area (Å²) >= 11 is 0. The van der Waals surface area contributed by atoms with Gasteiger partial charge in [-0.05, 0) is 81.5 Å². The predicted octanol–water partition coefficient (Wildman–Crippen LogP) is 4.21. The largest absolute Gasteiger partial charge is 0.463 e. The SMILES string of the molecule is CCC(=O)O[C@@H]1C[C@@]2(C)[C@@H](CC[C@]2(O)C(C)=O)[C@@H]2CCC3C[C@H](OC(C)=O)CC[C@]3(C)[C@H]21. The van der Waals surface area contributed by atoms with Crippen molar-refractivity contribution in [2.45, 2.75) is 110 Å². The van der Waals surface area contributed by atoms with Gasteiger partial charge in [-0.25, -0.2) is 0 Å². The fourth-order valence-corrected chi connectivity index (χ4v) is 8.59. The number of esters is 2. The Bertz CT molecular complexity index is 793. The molecule has 0 aromatic rings. The van der Waals surface area contributed by atoms with Gasteiger partial charge in [-0.1, -0.05) is 20.8 Å². The molecule has 4 aliphatic rings. The van der Waals surface area contributed by atoms with Gasteiger partial charge in [0.25, 0.3) is 0 Å². The van der Waals surface area contributed by atoms with Gasteiger partial charge in [-0.15, -0.1) is 0 Å².